The van der Waals surface area contributed by atoms with Gasteiger partial charge in [0.05, 0.1) is 10.3 Å². The molecule has 0 unspecified atom stereocenters. The van der Waals surface area contributed by atoms with Gasteiger partial charge in [-0.3, -0.25) is 0 Å². The topological polar surface area (TPSA) is 50.4 Å². The van der Waals surface area contributed by atoms with Crippen molar-refractivity contribution in [3.63, 3.8) is 0 Å². The van der Waals surface area contributed by atoms with Crippen LogP contribution in [0.5, 0.6) is 0 Å². The quantitative estimate of drug-likeness (QED) is 0.463. The molecule has 6 heteroatoms. The summed E-state index contributed by atoms with van der Waals surface area (Å²) in [7, 11) is 0. The van der Waals surface area contributed by atoms with E-state index in [4.69, 9.17) is 5.73 Å². The lowest BCUT2D eigenvalue weighted by Gasteiger charge is -2.07. The highest BCUT2D eigenvalue weighted by Crippen LogP contribution is 2.22. The van der Waals surface area contributed by atoms with Gasteiger partial charge in [-0.25, -0.2) is 4.99 Å². The Morgan fingerprint density at radius 1 is 1.60 bits per heavy atom. The number of nitrogens with one attached hydrogen (secondary N) is 1. The maximum atomic E-state index is 5.66. The van der Waals surface area contributed by atoms with Crippen LogP contribution >= 0.6 is 51.2 Å². The Balaban J connectivity index is 0.00000196. The largest absolute Gasteiger partial charge is 0.370 e. The summed E-state index contributed by atoms with van der Waals surface area (Å²) in [6.07, 6.45) is 0. The predicted octanol–water partition coefficient (Wildman–Crippen LogP) is 2.94. The third-order valence-electron chi connectivity index (χ3n) is 1.47. The van der Waals surface area contributed by atoms with Crippen molar-refractivity contribution in [1.29, 1.82) is 0 Å². The fraction of sp³-hybridized carbons (Fsp3) is 0.444. The molecule has 0 aliphatic heterocycles. The van der Waals surface area contributed by atoms with Gasteiger partial charge in [0.15, 0.2) is 5.96 Å². The molecule has 86 valence electrons. The first-order valence-electron chi connectivity index (χ1n) is 4.38. The molecular weight excluding hydrogens is 389 g/mol. The van der Waals surface area contributed by atoms with Crippen LogP contribution in [0, 0.1) is 0 Å². The van der Waals surface area contributed by atoms with Crippen molar-refractivity contribution in [2.75, 3.05) is 0 Å². The van der Waals surface area contributed by atoms with E-state index in [0.717, 1.165) is 3.79 Å². The molecule has 1 aromatic heterocycles. The average Bonchev–Trinajstić information content (AvgIpc) is 2.47. The summed E-state index contributed by atoms with van der Waals surface area (Å²) < 4.78 is 1.12. The number of nitrogens with zero attached hydrogens (tertiary/aromatic N) is 1. The van der Waals surface area contributed by atoms with E-state index in [1.165, 1.54) is 4.88 Å². The summed E-state index contributed by atoms with van der Waals surface area (Å²) in [6, 6.07) is 4.39. The van der Waals surface area contributed by atoms with Crippen LogP contribution in [0.15, 0.2) is 20.9 Å². The Morgan fingerprint density at radius 3 is 2.73 bits per heavy atom. The minimum atomic E-state index is 0. The summed E-state index contributed by atoms with van der Waals surface area (Å²) >= 11 is 5.08. The zero-order valence-electron chi connectivity index (χ0n) is 8.66. The van der Waals surface area contributed by atoms with Gasteiger partial charge in [-0.2, -0.15) is 0 Å². The molecule has 0 atom stereocenters. The van der Waals surface area contributed by atoms with Crippen LogP contribution in [0.2, 0.25) is 0 Å². The second kappa shape index (κ2) is 7.45. The molecule has 1 heterocycles. The average molecular weight is 404 g/mol. The molecule has 0 spiro atoms. The number of nitrogens with two attached hydrogens (primary N) is 1. The number of halogens is 2. The van der Waals surface area contributed by atoms with E-state index in [-0.39, 0.29) is 24.0 Å². The lowest BCUT2D eigenvalue weighted by atomic mass is 10.4. The van der Waals surface area contributed by atoms with E-state index in [0.29, 0.717) is 18.5 Å². The molecule has 3 nitrogen and oxygen atoms in total. The zero-order valence-corrected chi connectivity index (χ0v) is 13.4. The van der Waals surface area contributed by atoms with Gasteiger partial charge in [0, 0.05) is 10.9 Å². The van der Waals surface area contributed by atoms with Gasteiger partial charge < -0.3 is 11.1 Å². The Kier molecular flexibility index (Phi) is 7.54. The van der Waals surface area contributed by atoms with Crippen molar-refractivity contribution in [3.05, 3.63) is 20.8 Å². The molecule has 0 aromatic carbocycles. The summed E-state index contributed by atoms with van der Waals surface area (Å²) in [5.41, 5.74) is 5.66. The fourth-order valence-electron chi connectivity index (χ4n) is 0.941. The fourth-order valence-corrected chi connectivity index (χ4v) is 2.35. The molecule has 0 saturated heterocycles. The molecule has 15 heavy (non-hydrogen) atoms. The van der Waals surface area contributed by atoms with E-state index in [2.05, 4.69) is 26.2 Å². The molecule has 0 aliphatic carbocycles. The first kappa shape index (κ1) is 15.2. The first-order chi connectivity index (χ1) is 6.58. The molecule has 1 rings (SSSR count). The Labute approximate surface area is 120 Å². The van der Waals surface area contributed by atoms with E-state index in [9.17, 15) is 0 Å². The third-order valence-corrected chi connectivity index (χ3v) is 3.08. The van der Waals surface area contributed by atoms with Crippen molar-refractivity contribution in [2.45, 2.75) is 26.4 Å². The number of hydrogen-bond donors (Lipinski definition) is 2. The SMILES string of the molecule is CC(C)NC(N)=NCc1ccc(Br)s1.I. The standard InChI is InChI=1S/C9H14BrN3S.HI/c1-6(2)13-9(11)12-5-7-3-4-8(10)14-7;/h3-4,6H,5H2,1-2H3,(H3,11,12,13);1H. The molecule has 1 aromatic rings. The van der Waals surface area contributed by atoms with E-state index < -0.39 is 0 Å². The second-order valence-electron chi connectivity index (χ2n) is 3.21. The highest BCUT2D eigenvalue weighted by atomic mass is 127. The highest BCUT2D eigenvalue weighted by Gasteiger charge is 1.98. The minimum Gasteiger partial charge on any atom is -0.370 e. The normalized spacial score (nSPS) is 11.3. The summed E-state index contributed by atoms with van der Waals surface area (Å²) in [5.74, 6) is 0.504. The van der Waals surface area contributed by atoms with Gasteiger partial charge in [0.1, 0.15) is 0 Å². The van der Waals surface area contributed by atoms with Crippen LogP contribution in [0.25, 0.3) is 0 Å². The monoisotopic (exact) mass is 403 g/mol. The van der Waals surface area contributed by atoms with E-state index >= 15 is 0 Å². The lowest BCUT2D eigenvalue weighted by molar-refractivity contribution is 0.724. The summed E-state index contributed by atoms with van der Waals surface area (Å²) in [6.45, 7) is 4.70. The maximum Gasteiger partial charge on any atom is 0.189 e. The van der Waals surface area contributed by atoms with E-state index in [1.807, 2.05) is 26.0 Å². The number of aliphatic imine (C=N–C) groups is 1. The third kappa shape index (κ3) is 6.36. The van der Waals surface area contributed by atoms with Gasteiger partial charge in [-0.15, -0.1) is 35.3 Å². The molecule has 0 aliphatic rings. The molecule has 0 bridgehead atoms. The van der Waals surface area contributed by atoms with Crippen LogP contribution in [0.4, 0.5) is 0 Å². The van der Waals surface area contributed by atoms with Crippen molar-refractivity contribution in [2.24, 2.45) is 10.7 Å². The van der Waals surface area contributed by atoms with Gasteiger partial charge in [-0.05, 0) is 41.9 Å². The van der Waals surface area contributed by atoms with Gasteiger partial charge in [0.2, 0.25) is 0 Å². The van der Waals surface area contributed by atoms with Crippen molar-refractivity contribution in [3.8, 4) is 0 Å². The van der Waals surface area contributed by atoms with Crippen LogP contribution in [-0.4, -0.2) is 12.0 Å². The van der Waals surface area contributed by atoms with Gasteiger partial charge in [0.25, 0.3) is 0 Å². The van der Waals surface area contributed by atoms with E-state index in [1.54, 1.807) is 11.3 Å². The van der Waals surface area contributed by atoms with Gasteiger partial charge in [-0.1, -0.05) is 0 Å². The van der Waals surface area contributed by atoms with Crippen LogP contribution < -0.4 is 11.1 Å². The predicted molar refractivity (Wildman–Crippen MR) is 81.0 cm³/mol. The molecular formula is C9H15BrIN3S. The molecule has 0 fully saturated rings. The van der Waals surface area contributed by atoms with Crippen molar-refractivity contribution >= 4 is 57.2 Å². The summed E-state index contributed by atoms with van der Waals surface area (Å²) in [5, 5.41) is 3.04. The molecule has 0 radical (unpaired) electrons. The second-order valence-corrected chi connectivity index (χ2v) is 5.75. The Morgan fingerprint density at radius 2 is 2.27 bits per heavy atom. The first-order valence-corrected chi connectivity index (χ1v) is 5.99. The number of thiophene rings is 1. The minimum absolute atomic E-state index is 0. The Bertz CT molecular complexity index is 325. The van der Waals surface area contributed by atoms with Crippen molar-refractivity contribution in [1.82, 2.24) is 5.32 Å². The van der Waals surface area contributed by atoms with Crippen LogP contribution in [0.1, 0.15) is 18.7 Å². The maximum absolute atomic E-state index is 5.66. The Hall–Kier alpha value is 0.180. The summed E-state index contributed by atoms with van der Waals surface area (Å²) in [4.78, 5) is 5.42. The smallest absolute Gasteiger partial charge is 0.189 e. The van der Waals surface area contributed by atoms with Gasteiger partial charge >= 0.3 is 0 Å². The molecule has 3 N–H and O–H groups in total. The molecule has 0 amide bonds. The van der Waals surface area contributed by atoms with Crippen LogP contribution in [0.3, 0.4) is 0 Å². The number of guanidine groups is 1. The van der Waals surface area contributed by atoms with Crippen molar-refractivity contribution < 1.29 is 0 Å². The number of hydrogen-bond acceptors (Lipinski definition) is 2. The highest BCUT2D eigenvalue weighted by molar-refractivity contribution is 14.0. The molecule has 0 saturated carbocycles. The van der Waals surface area contributed by atoms with Crippen LogP contribution in [-0.2, 0) is 6.54 Å². The number of rotatable bonds is 3. The zero-order chi connectivity index (χ0) is 10.6. The lowest BCUT2D eigenvalue weighted by Crippen LogP contribution is -2.36.